The summed E-state index contributed by atoms with van der Waals surface area (Å²) in [6.07, 6.45) is 1.08. The van der Waals surface area contributed by atoms with Gasteiger partial charge in [0, 0.05) is 24.8 Å². The summed E-state index contributed by atoms with van der Waals surface area (Å²) in [5, 5.41) is 2.96. The highest BCUT2D eigenvalue weighted by Crippen LogP contribution is 2.31. The molecule has 1 unspecified atom stereocenters. The minimum absolute atomic E-state index is 0.0670. The summed E-state index contributed by atoms with van der Waals surface area (Å²) < 4.78 is 0. The molecule has 4 nitrogen and oxygen atoms in total. The van der Waals surface area contributed by atoms with Crippen LogP contribution >= 0.6 is 0 Å². The highest BCUT2D eigenvalue weighted by Gasteiger charge is 2.28. The van der Waals surface area contributed by atoms with Gasteiger partial charge in [-0.15, -0.1) is 0 Å². The van der Waals surface area contributed by atoms with E-state index >= 15 is 0 Å². The molecule has 116 valence electrons. The lowest BCUT2D eigenvalue weighted by Crippen LogP contribution is -2.50. The third-order valence-electron chi connectivity index (χ3n) is 4.22. The molecule has 2 rings (SSSR count). The molecule has 0 saturated heterocycles. The lowest BCUT2D eigenvalue weighted by molar-refractivity contribution is -0.124. The molecule has 0 radical (unpaired) electrons. The van der Waals surface area contributed by atoms with Crippen molar-refractivity contribution < 1.29 is 4.79 Å². The fourth-order valence-corrected chi connectivity index (χ4v) is 2.77. The Morgan fingerprint density at radius 1 is 1.43 bits per heavy atom. The normalized spacial score (nSPS) is 19.3. The number of para-hydroxylation sites is 1. The molecule has 0 aliphatic carbocycles. The predicted molar refractivity (Wildman–Crippen MR) is 87.4 cm³/mol. The van der Waals surface area contributed by atoms with E-state index in [1.807, 2.05) is 20.8 Å². The van der Waals surface area contributed by atoms with Crippen molar-refractivity contribution in [2.75, 3.05) is 18.0 Å². The Bertz CT molecular complexity index is 507. The third-order valence-corrected chi connectivity index (χ3v) is 4.22. The van der Waals surface area contributed by atoms with Crippen molar-refractivity contribution in [3.05, 3.63) is 29.8 Å². The zero-order valence-corrected chi connectivity index (χ0v) is 13.5. The number of hydrogen-bond donors (Lipinski definition) is 2. The van der Waals surface area contributed by atoms with Crippen molar-refractivity contribution in [3.63, 3.8) is 0 Å². The Kier molecular flexibility index (Phi) is 4.57. The molecule has 1 aromatic rings. The van der Waals surface area contributed by atoms with E-state index in [1.165, 1.54) is 11.3 Å². The van der Waals surface area contributed by atoms with Gasteiger partial charge in [-0.25, -0.2) is 0 Å². The van der Waals surface area contributed by atoms with E-state index in [0.29, 0.717) is 12.6 Å². The summed E-state index contributed by atoms with van der Waals surface area (Å²) in [5.41, 5.74) is 8.44. The fraction of sp³-hybridized carbons (Fsp3) is 0.588. The second kappa shape index (κ2) is 6.06. The van der Waals surface area contributed by atoms with Crippen molar-refractivity contribution in [2.45, 2.75) is 46.2 Å². The van der Waals surface area contributed by atoms with Crippen molar-refractivity contribution in [1.29, 1.82) is 0 Å². The summed E-state index contributed by atoms with van der Waals surface area (Å²) in [6.45, 7) is 9.62. The highest BCUT2D eigenvalue weighted by atomic mass is 16.2. The first-order valence-electron chi connectivity index (χ1n) is 7.68. The minimum atomic E-state index is -0.471. The maximum atomic E-state index is 12.0. The quantitative estimate of drug-likeness (QED) is 0.890. The van der Waals surface area contributed by atoms with Crippen molar-refractivity contribution >= 4 is 11.6 Å². The fourth-order valence-electron chi connectivity index (χ4n) is 2.77. The lowest BCUT2D eigenvalue weighted by atomic mass is 9.87. The van der Waals surface area contributed by atoms with Crippen LogP contribution in [0.3, 0.4) is 0 Å². The van der Waals surface area contributed by atoms with Gasteiger partial charge in [-0.1, -0.05) is 39.0 Å². The summed E-state index contributed by atoms with van der Waals surface area (Å²) >= 11 is 0. The Labute approximate surface area is 127 Å². The maximum absolute atomic E-state index is 12.0. The SMILES string of the molecule is CC1Cc2ccccc2N1CCNC(=O)[C@@H](N)C(C)(C)C. The van der Waals surface area contributed by atoms with Gasteiger partial charge in [-0.05, 0) is 30.4 Å². The Morgan fingerprint density at radius 2 is 2.10 bits per heavy atom. The van der Waals surface area contributed by atoms with Crippen LogP contribution in [0.5, 0.6) is 0 Å². The molecular formula is C17H27N3O. The van der Waals surface area contributed by atoms with E-state index in [4.69, 9.17) is 5.73 Å². The van der Waals surface area contributed by atoms with Crippen LogP contribution < -0.4 is 16.0 Å². The zero-order chi connectivity index (χ0) is 15.6. The number of nitrogens with one attached hydrogen (secondary N) is 1. The number of benzene rings is 1. The van der Waals surface area contributed by atoms with Crippen LogP contribution in [-0.4, -0.2) is 31.1 Å². The van der Waals surface area contributed by atoms with Gasteiger partial charge >= 0.3 is 0 Å². The highest BCUT2D eigenvalue weighted by molar-refractivity contribution is 5.82. The predicted octanol–water partition coefficient (Wildman–Crippen LogP) is 1.93. The number of nitrogens with zero attached hydrogens (tertiary/aromatic N) is 1. The molecule has 0 bridgehead atoms. The van der Waals surface area contributed by atoms with Crippen LogP contribution in [0.1, 0.15) is 33.3 Å². The molecule has 1 aliphatic heterocycles. The van der Waals surface area contributed by atoms with Gasteiger partial charge in [0.25, 0.3) is 0 Å². The van der Waals surface area contributed by atoms with Gasteiger partial charge in [0.15, 0.2) is 0 Å². The molecule has 2 atom stereocenters. The van der Waals surface area contributed by atoms with Gasteiger partial charge in [0.1, 0.15) is 0 Å². The maximum Gasteiger partial charge on any atom is 0.237 e. The number of anilines is 1. The molecule has 0 saturated carbocycles. The lowest BCUT2D eigenvalue weighted by Gasteiger charge is -2.28. The summed E-state index contributed by atoms with van der Waals surface area (Å²) in [7, 11) is 0. The summed E-state index contributed by atoms with van der Waals surface area (Å²) in [4.78, 5) is 14.4. The molecular weight excluding hydrogens is 262 g/mol. The number of rotatable bonds is 4. The van der Waals surface area contributed by atoms with Crippen LogP contribution in [0.4, 0.5) is 5.69 Å². The Morgan fingerprint density at radius 3 is 2.76 bits per heavy atom. The van der Waals surface area contributed by atoms with Crippen LogP contribution in [0.15, 0.2) is 24.3 Å². The first-order valence-corrected chi connectivity index (χ1v) is 7.68. The summed E-state index contributed by atoms with van der Waals surface area (Å²) in [5.74, 6) is -0.0670. The number of nitrogens with two attached hydrogens (primary N) is 1. The van der Waals surface area contributed by atoms with Gasteiger partial charge < -0.3 is 16.0 Å². The Hall–Kier alpha value is -1.55. The van der Waals surface area contributed by atoms with Crippen LogP contribution in [0.25, 0.3) is 0 Å². The smallest absolute Gasteiger partial charge is 0.237 e. The van der Waals surface area contributed by atoms with Crippen molar-refractivity contribution in [1.82, 2.24) is 5.32 Å². The average molecular weight is 289 g/mol. The number of amides is 1. The van der Waals surface area contributed by atoms with Gasteiger partial charge in [0.05, 0.1) is 6.04 Å². The zero-order valence-electron chi connectivity index (χ0n) is 13.5. The molecule has 0 spiro atoms. The van der Waals surface area contributed by atoms with Gasteiger partial charge in [-0.3, -0.25) is 4.79 Å². The van der Waals surface area contributed by atoms with Crippen LogP contribution in [-0.2, 0) is 11.2 Å². The molecule has 1 aromatic carbocycles. The Balaban J connectivity index is 1.88. The third kappa shape index (κ3) is 3.56. The number of hydrogen-bond acceptors (Lipinski definition) is 3. The first-order chi connectivity index (χ1) is 9.80. The topological polar surface area (TPSA) is 58.4 Å². The molecule has 1 aliphatic rings. The largest absolute Gasteiger partial charge is 0.367 e. The van der Waals surface area contributed by atoms with E-state index in [9.17, 15) is 4.79 Å². The number of carbonyl (C=O) groups is 1. The van der Waals surface area contributed by atoms with Crippen LogP contribution in [0.2, 0.25) is 0 Å². The first kappa shape index (κ1) is 15.8. The summed E-state index contributed by atoms with van der Waals surface area (Å²) in [6, 6.07) is 8.50. The number of fused-ring (bicyclic) bond motifs is 1. The van der Waals surface area contributed by atoms with E-state index in [0.717, 1.165) is 13.0 Å². The van der Waals surface area contributed by atoms with Crippen molar-refractivity contribution in [3.8, 4) is 0 Å². The standard InChI is InChI=1S/C17H27N3O/c1-12-11-13-7-5-6-8-14(13)20(12)10-9-19-16(21)15(18)17(2,3)4/h5-8,12,15H,9-11,18H2,1-4H3,(H,19,21)/t12?,15-/m1/s1. The molecule has 3 N–H and O–H groups in total. The van der Waals surface area contributed by atoms with E-state index in [1.54, 1.807) is 0 Å². The van der Waals surface area contributed by atoms with Crippen LogP contribution in [0, 0.1) is 5.41 Å². The van der Waals surface area contributed by atoms with E-state index < -0.39 is 6.04 Å². The average Bonchev–Trinajstić information content (AvgIpc) is 2.73. The van der Waals surface area contributed by atoms with Gasteiger partial charge in [0.2, 0.25) is 5.91 Å². The molecule has 21 heavy (non-hydrogen) atoms. The monoisotopic (exact) mass is 289 g/mol. The van der Waals surface area contributed by atoms with E-state index in [2.05, 4.69) is 41.4 Å². The minimum Gasteiger partial charge on any atom is -0.367 e. The van der Waals surface area contributed by atoms with Gasteiger partial charge in [-0.2, -0.15) is 0 Å². The molecule has 0 fully saturated rings. The molecule has 1 heterocycles. The number of carbonyl (C=O) groups excluding carboxylic acids is 1. The molecule has 1 amide bonds. The van der Waals surface area contributed by atoms with Crippen molar-refractivity contribution in [2.24, 2.45) is 11.1 Å². The molecule has 4 heteroatoms. The van der Waals surface area contributed by atoms with E-state index in [-0.39, 0.29) is 11.3 Å². The molecule has 0 aromatic heterocycles. The second-order valence-corrected chi connectivity index (χ2v) is 7.01. The second-order valence-electron chi connectivity index (χ2n) is 7.01.